The lowest BCUT2D eigenvalue weighted by Gasteiger charge is -2.41. The maximum absolute atomic E-state index is 12.5. The molecule has 2 aliphatic carbocycles. The van der Waals surface area contributed by atoms with Gasteiger partial charge in [0.2, 0.25) is 0 Å². The van der Waals surface area contributed by atoms with Crippen molar-refractivity contribution >= 4 is 31.4 Å². The zero-order chi connectivity index (χ0) is 22.6. The molecule has 0 aromatic heterocycles. The second-order valence-corrected chi connectivity index (χ2v) is 12.2. The normalized spacial score (nSPS) is 29.4. The van der Waals surface area contributed by atoms with Gasteiger partial charge < -0.3 is 8.85 Å². The molecule has 0 aliphatic heterocycles. The van der Waals surface area contributed by atoms with Crippen LogP contribution in [-0.4, -0.2) is 31.6 Å². The molecule has 0 spiro atoms. The van der Waals surface area contributed by atoms with E-state index in [4.69, 9.17) is 8.85 Å². The number of fused-ring (bicyclic) bond motifs is 1. The van der Waals surface area contributed by atoms with Crippen LogP contribution in [0.1, 0.15) is 70.9 Å². The Morgan fingerprint density at radius 2 is 1.84 bits per heavy atom. The second-order valence-electron chi connectivity index (χ2n) is 10.3. The van der Waals surface area contributed by atoms with Crippen molar-refractivity contribution in [3.63, 3.8) is 0 Å². The Balaban J connectivity index is 1.83. The summed E-state index contributed by atoms with van der Waals surface area (Å²) in [4.78, 5) is 12.5. The first-order chi connectivity index (χ1) is 14.8. The maximum Gasteiger partial charge on any atom is 0.161 e. The minimum Gasteiger partial charge on any atom is -0.400 e. The van der Waals surface area contributed by atoms with Crippen molar-refractivity contribution in [2.45, 2.75) is 84.6 Å². The maximum atomic E-state index is 12.5. The van der Waals surface area contributed by atoms with Gasteiger partial charge in [-0.1, -0.05) is 77.2 Å². The minimum absolute atomic E-state index is 0.157. The highest BCUT2D eigenvalue weighted by atomic mass is 28.2. The Hall–Kier alpha value is -1.02. The first-order valence-electron chi connectivity index (χ1n) is 12.3. The molecule has 4 unspecified atom stereocenters. The number of rotatable bonds is 9. The van der Waals surface area contributed by atoms with E-state index >= 15 is 0 Å². The van der Waals surface area contributed by atoms with Gasteiger partial charge in [-0.15, -0.1) is 0 Å². The van der Waals surface area contributed by atoms with Crippen LogP contribution in [0.2, 0.25) is 13.1 Å². The van der Waals surface area contributed by atoms with Gasteiger partial charge in [-0.2, -0.15) is 0 Å². The second kappa shape index (κ2) is 10.3. The highest BCUT2D eigenvalue weighted by Crippen LogP contribution is 2.56. The van der Waals surface area contributed by atoms with Crippen LogP contribution in [-0.2, 0) is 19.1 Å². The summed E-state index contributed by atoms with van der Waals surface area (Å²) in [7, 11) is -1.11. The van der Waals surface area contributed by atoms with E-state index in [-0.39, 0.29) is 17.1 Å². The molecule has 0 N–H and O–H groups in total. The number of allylic oxidation sites excluding steroid dienone is 1. The Kier molecular flexibility index (Phi) is 8.17. The fourth-order valence-corrected chi connectivity index (χ4v) is 8.17. The lowest BCUT2D eigenvalue weighted by atomic mass is 9.62. The first kappa shape index (κ1) is 24.6. The van der Waals surface area contributed by atoms with Crippen molar-refractivity contribution < 1.29 is 13.6 Å². The third-order valence-corrected chi connectivity index (χ3v) is 9.30. The summed E-state index contributed by atoms with van der Waals surface area (Å²) in [5, 5.41) is 0. The fraction of sp³-hybridized carbons (Fsp3) is 0.654. The molecular formula is C26H42O3Si2. The Bertz CT molecular complexity index is 785. The molecule has 2 aliphatic rings. The van der Waals surface area contributed by atoms with E-state index in [2.05, 4.69) is 77.2 Å². The molecule has 5 heteroatoms. The molecule has 0 radical (unpaired) electrons. The van der Waals surface area contributed by atoms with Crippen molar-refractivity contribution in [2.24, 2.45) is 23.2 Å². The van der Waals surface area contributed by atoms with Crippen LogP contribution < -0.4 is 0 Å². The first-order valence-corrected chi connectivity index (χ1v) is 16.3. The zero-order valence-corrected chi connectivity index (χ0v) is 23.3. The summed E-state index contributed by atoms with van der Waals surface area (Å²) in [5.74, 6) is 1.87. The van der Waals surface area contributed by atoms with Crippen molar-refractivity contribution in [3.05, 3.63) is 41.5 Å². The third-order valence-electron chi connectivity index (χ3n) is 8.03. The molecule has 0 bridgehead atoms. The standard InChI is InChI=1S/C26H42O3Si2/c1-18(20-15-16-22-23(27)12-9-17-26(20,22)4)13-14-19-10-7-8-11-21(19)25(2,3)24(28-30-5)29-31-6/h7-8,10-11,13-14,18,20,22,24H,9,12,15-17,30-31H2,1-6H3. The highest BCUT2D eigenvalue weighted by molar-refractivity contribution is 6.26. The molecule has 1 aromatic rings. The topological polar surface area (TPSA) is 35.5 Å². The number of ketones is 1. The molecule has 0 saturated heterocycles. The van der Waals surface area contributed by atoms with Crippen LogP contribution in [0.4, 0.5) is 0 Å². The van der Waals surface area contributed by atoms with Crippen molar-refractivity contribution in [1.82, 2.24) is 0 Å². The van der Waals surface area contributed by atoms with Gasteiger partial charge in [-0.05, 0) is 54.1 Å². The number of carbonyl (C=O) groups excluding carboxylic acids is 1. The van der Waals surface area contributed by atoms with Gasteiger partial charge in [0.05, 0.1) is 0 Å². The van der Waals surface area contributed by atoms with E-state index in [0.29, 0.717) is 23.5 Å². The summed E-state index contributed by atoms with van der Waals surface area (Å²) in [6.45, 7) is 13.6. The van der Waals surface area contributed by atoms with Gasteiger partial charge in [-0.3, -0.25) is 4.79 Å². The average molecular weight is 459 g/mol. The van der Waals surface area contributed by atoms with Gasteiger partial charge in [0.1, 0.15) is 12.1 Å². The number of benzene rings is 1. The summed E-state index contributed by atoms with van der Waals surface area (Å²) in [6, 6.07) is 8.69. The average Bonchev–Trinajstić information content (AvgIpc) is 3.10. The van der Waals surface area contributed by atoms with Gasteiger partial charge in [0, 0.05) is 17.8 Å². The van der Waals surface area contributed by atoms with Crippen molar-refractivity contribution in [2.75, 3.05) is 0 Å². The smallest absolute Gasteiger partial charge is 0.161 e. The summed E-state index contributed by atoms with van der Waals surface area (Å²) < 4.78 is 12.3. The lowest BCUT2D eigenvalue weighted by molar-refractivity contribution is -0.129. The van der Waals surface area contributed by atoms with E-state index in [0.717, 1.165) is 19.3 Å². The van der Waals surface area contributed by atoms with E-state index in [1.54, 1.807) is 0 Å². The minimum atomic E-state index is -0.555. The van der Waals surface area contributed by atoms with Gasteiger partial charge in [0.15, 0.2) is 19.5 Å². The number of Topliss-reactive ketones (excluding diaryl/α,β-unsaturated/α-hetero) is 1. The summed E-state index contributed by atoms with van der Waals surface area (Å²) in [6.07, 6.45) is 9.88. The number of carbonyl (C=O) groups is 1. The van der Waals surface area contributed by atoms with Crippen LogP contribution in [0.15, 0.2) is 30.3 Å². The molecule has 0 amide bonds. The molecule has 2 fully saturated rings. The molecule has 0 heterocycles. The Morgan fingerprint density at radius 3 is 2.52 bits per heavy atom. The lowest BCUT2D eigenvalue weighted by Crippen LogP contribution is -2.40. The quantitative estimate of drug-likeness (QED) is 0.385. The van der Waals surface area contributed by atoms with Crippen LogP contribution in [0, 0.1) is 23.2 Å². The zero-order valence-electron chi connectivity index (χ0n) is 20.4. The van der Waals surface area contributed by atoms with Crippen molar-refractivity contribution in [1.29, 1.82) is 0 Å². The van der Waals surface area contributed by atoms with Gasteiger partial charge in [-0.25, -0.2) is 0 Å². The summed E-state index contributed by atoms with van der Waals surface area (Å²) >= 11 is 0. The molecule has 4 atom stereocenters. The molecule has 172 valence electrons. The van der Waals surface area contributed by atoms with Crippen molar-refractivity contribution in [3.8, 4) is 0 Å². The molecule has 3 rings (SSSR count). The van der Waals surface area contributed by atoms with Crippen LogP contribution >= 0.6 is 0 Å². The SMILES string of the molecule is C[SiH2]OC(O[SiH2]C)C(C)(C)c1ccccc1C=CC(C)C1CCC2C(=O)CCCC21C. The van der Waals surface area contributed by atoms with Gasteiger partial charge in [0.25, 0.3) is 0 Å². The van der Waals surface area contributed by atoms with E-state index in [9.17, 15) is 4.79 Å². The fourth-order valence-electron chi connectivity index (χ4n) is 6.35. The summed E-state index contributed by atoms with van der Waals surface area (Å²) in [5.41, 5.74) is 2.53. The van der Waals surface area contributed by atoms with Crippen LogP contribution in [0.25, 0.3) is 6.08 Å². The molecule has 31 heavy (non-hydrogen) atoms. The molecule has 2 saturated carbocycles. The molecule has 1 aromatic carbocycles. The predicted octanol–water partition coefficient (Wildman–Crippen LogP) is 5.02. The molecule has 3 nitrogen and oxygen atoms in total. The number of hydrogen-bond donors (Lipinski definition) is 0. The van der Waals surface area contributed by atoms with Crippen LogP contribution in [0.3, 0.4) is 0 Å². The van der Waals surface area contributed by atoms with Crippen LogP contribution in [0.5, 0.6) is 0 Å². The third kappa shape index (κ3) is 5.00. The molecular weight excluding hydrogens is 416 g/mol. The number of hydrogen-bond acceptors (Lipinski definition) is 3. The Labute approximate surface area is 194 Å². The predicted molar refractivity (Wildman–Crippen MR) is 136 cm³/mol. The Morgan fingerprint density at radius 1 is 1.16 bits per heavy atom. The van der Waals surface area contributed by atoms with E-state index in [1.807, 2.05) is 0 Å². The van der Waals surface area contributed by atoms with E-state index in [1.165, 1.54) is 24.0 Å². The van der Waals surface area contributed by atoms with Gasteiger partial charge >= 0.3 is 0 Å². The van der Waals surface area contributed by atoms with E-state index < -0.39 is 19.5 Å². The largest absolute Gasteiger partial charge is 0.400 e. The monoisotopic (exact) mass is 458 g/mol. The highest BCUT2D eigenvalue weighted by Gasteiger charge is 2.51.